The molecule has 1 aromatic rings. The lowest BCUT2D eigenvalue weighted by molar-refractivity contribution is -0.128. The Kier molecular flexibility index (Phi) is 11.7. The normalized spacial score (nSPS) is 23.6. The maximum Gasteiger partial charge on any atom is 0.223 e. The molecule has 1 heterocycles. The van der Waals surface area contributed by atoms with Crippen molar-refractivity contribution in [2.24, 2.45) is 35.3 Å². The van der Waals surface area contributed by atoms with Crippen LogP contribution in [-0.2, 0) is 20.7 Å². The second-order valence-corrected chi connectivity index (χ2v) is 11.8. The highest BCUT2D eigenvalue weighted by Gasteiger charge is 2.55. The van der Waals surface area contributed by atoms with Gasteiger partial charge in [-0.3, -0.25) is 4.79 Å². The number of methoxy groups -OCH3 is 2. The lowest BCUT2D eigenvalue weighted by Crippen LogP contribution is -2.43. The number of benzene rings is 1. The molecular weight excluding hydrogens is 484 g/mol. The maximum atomic E-state index is 13.0. The van der Waals surface area contributed by atoms with E-state index < -0.39 is 12.1 Å². The van der Waals surface area contributed by atoms with E-state index in [2.05, 4.69) is 25.2 Å². The highest BCUT2D eigenvalue weighted by molar-refractivity contribution is 5.79. The van der Waals surface area contributed by atoms with Crippen LogP contribution in [0.5, 0.6) is 11.5 Å². The van der Waals surface area contributed by atoms with Gasteiger partial charge in [0, 0.05) is 44.6 Å². The van der Waals surface area contributed by atoms with Crippen molar-refractivity contribution < 1.29 is 28.8 Å². The number of hydrogen-bond donors (Lipinski definition) is 3. The number of carbonyl (C=O) groups is 1. The largest absolute Gasteiger partial charge is 0.493 e. The van der Waals surface area contributed by atoms with Crippen LogP contribution < -0.4 is 20.5 Å². The van der Waals surface area contributed by atoms with Crippen LogP contribution in [0.2, 0.25) is 0 Å². The molecule has 7 atom stereocenters. The first kappa shape index (κ1) is 30.7. The summed E-state index contributed by atoms with van der Waals surface area (Å²) in [6, 6.07) is 5.76. The van der Waals surface area contributed by atoms with Crippen LogP contribution in [0.25, 0.3) is 0 Å². The number of hydrogen-bond acceptors (Lipinski definition) is 7. The quantitative estimate of drug-likeness (QED) is 0.262. The molecule has 0 bridgehead atoms. The Bertz CT molecular complexity index is 868. The molecule has 0 radical (unpaired) electrons. The molecule has 0 spiro atoms. The molecule has 2 aliphatic rings. The summed E-state index contributed by atoms with van der Waals surface area (Å²) in [5.41, 5.74) is 7.70. The van der Waals surface area contributed by atoms with E-state index in [1.807, 2.05) is 26.0 Å². The van der Waals surface area contributed by atoms with Crippen LogP contribution in [0, 0.1) is 29.6 Å². The number of aliphatic hydroxyl groups excluding tert-OH is 1. The van der Waals surface area contributed by atoms with Crippen LogP contribution in [0.3, 0.4) is 0 Å². The van der Waals surface area contributed by atoms with E-state index >= 15 is 0 Å². The van der Waals surface area contributed by atoms with Crippen molar-refractivity contribution in [3.05, 3.63) is 23.8 Å². The molecule has 1 saturated carbocycles. The third-order valence-electron chi connectivity index (χ3n) is 8.29. The fraction of sp³-hybridized carbons (Fsp3) is 0.767. The summed E-state index contributed by atoms with van der Waals surface area (Å²) in [4.78, 5) is 13.0. The van der Waals surface area contributed by atoms with Crippen molar-refractivity contribution in [3.8, 4) is 11.5 Å². The van der Waals surface area contributed by atoms with Crippen LogP contribution in [0.1, 0.15) is 58.9 Å². The van der Waals surface area contributed by atoms with Gasteiger partial charge in [-0.25, -0.2) is 0 Å². The maximum absolute atomic E-state index is 13.0. The zero-order valence-corrected chi connectivity index (χ0v) is 24.2. The SMILES string of the molecule is COCCCOc1cc(C[C@@H](C[C@H](N)[C@@H](O)C[C@H](C(=O)N[C@@H]2[C@H]3CCO[C@H]32)C(C)C)C(C)C)ccc1OC. The minimum absolute atomic E-state index is 0.00548. The van der Waals surface area contributed by atoms with E-state index in [-0.39, 0.29) is 35.8 Å². The van der Waals surface area contributed by atoms with Gasteiger partial charge >= 0.3 is 0 Å². The summed E-state index contributed by atoms with van der Waals surface area (Å²) in [7, 11) is 3.32. The molecule has 1 amide bonds. The van der Waals surface area contributed by atoms with Crippen molar-refractivity contribution in [1.82, 2.24) is 5.32 Å². The second-order valence-electron chi connectivity index (χ2n) is 11.8. The molecule has 0 aromatic heterocycles. The monoisotopic (exact) mass is 534 g/mol. The Morgan fingerprint density at radius 1 is 1.13 bits per heavy atom. The lowest BCUT2D eigenvalue weighted by Gasteiger charge is -2.30. The first-order valence-electron chi connectivity index (χ1n) is 14.3. The summed E-state index contributed by atoms with van der Waals surface area (Å²) in [6.07, 6.45) is 3.09. The molecule has 1 aromatic carbocycles. The molecule has 3 rings (SSSR count). The standard InChI is InChI=1S/C30H50N2O6/c1-18(2)21(14-20-8-9-26(36-6)27(15-20)37-12-7-11-35-5)16-24(31)25(33)17-23(19(3)4)30(34)32-28-22-10-13-38-29(22)28/h8-9,15,18-19,21-25,28-29,33H,7,10-14,16-17,31H2,1-6H3,(H,32,34)/t21-,22+,23-,24-,25-,28+,29+/m0/s1. The molecule has 2 fully saturated rings. The van der Waals surface area contributed by atoms with E-state index in [1.165, 1.54) is 0 Å². The Morgan fingerprint density at radius 3 is 2.50 bits per heavy atom. The lowest BCUT2D eigenvalue weighted by atomic mass is 9.81. The average Bonchev–Trinajstić information content (AvgIpc) is 3.28. The van der Waals surface area contributed by atoms with Crippen LogP contribution in [0.15, 0.2) is 18.2 Å². The summed E-state index contributed by atoms with van der Waals surface area (Å²) in [5.74, 6) is 2.37. The van der Waals surface area contributed by atoms with Crippen LogP contribution in [-0.4, -0.2) is 69.3 Å². The highest BCUT2D eigenvalue weighted by Crippen LogP contribution is 2.43. The van der Waals surface area contributed by atoms with Gasteiger partial charge in [-0.1, -0.05) is 33.8 Å². The Labute approximate surface area is 228 Å². The summed E-state index contributed by atoms with van der Waals surface area (Å²) in [6.45, 7) is 10.4. The number of carbonyl (C=O) groups excluding carboxylic acids is 1. The van der Waals surface area contributed by atoms with Crippen LogP contribution in [0.4, 0.5) is 0 Å². The molecule has 1 saturated heterocycles. The van der Waals surface area contributed by atoms with Gasteiger partial charge in [0.1, 0.15) is 0 Å². The molecule has 216 valence electrons. The van der Waals surface area contributed by atoms with Crippen molar-refractivity contribution in [2.75, 3.05) is 34.0 Å². The Balaban J connectivity index is 1.57. The van der Waals surface area contributed by atoms with Gasteiger partial charge in [0.2, 0.25) is 5.91 Å². The summed E-state index contributed by atoms with van der Waals surface area (Å²) < 4.78 is 22.2. The third-order valence-corrected chi connectivity index (χ3v) is 8.29. The predicted molar refractivity (Wildman–Crippen MR) is 148 cm³/mol. The Hall–Kier alpha value is -1.87. The molecule has 8 heteroatoms. The van der Waals surface area contributed by atoms with Gasteiger partial charge in [-0.2, -0.15) is 0 Å². The highest BCUT2D eigenvalue weighted by atomic mass is 16.5. The number of amides is 1. The molecule has 8 nitrogen and oxygen atoms in total. The van der Waals surface area contributed by atoms with Gasteiger partial charge in [0.25, 0.3) is 0 Å². The number of aliphatic hydroxyl groups is 1. The van der Waals surface area contributed by atoms with Crippen molar-refractivity contribution in [1.29, 1.82) is 0 Å². The van der Waals surface area contributed by atoms with E-state index in [1.54, 1.807) is 14.2 Å². The first-order chi connectivity index (χ1) is 18.2. The number of nitrogens with two attached hydrogens (primary N) is 1. The van der Waals surface area contributed by atoms with Gasteiger partial charge in [-0.05, 0) is 61.1 Å². The van der Waals surface area contributed by atoms with Gasteiger partial charge in [-0.15, -0.1) is 0 Å². The summed E-state index contributed by atoms with van der Waals surface area (Å²) in [5, 5.41) is 14.2. The minimum Gasteiger partial charge on any atom is -0.493 e. The zero-order chi connectivity index (χ0) is 27.8. The fourth-order valence-corrected chi connectivity index (χ4v) is 5.58. The number of ether oxygens (including phenoxy) is 4. The van der Waals surface area contributed by atoms with E-state index in [0.717, 1.165) is 37.2 Å². The van der Waals surface area contributed by atoms with Crippen molar-refractivity contribution >= 4 is 5.91 Å². The third kappa shape index (κ3) is 8.31. The number of nitrogens with one attached hydrogen (secondary N) is 1. The van der Waals surface area contributed by atoms with Crippen molar-refractivity contribution in [2.45, 2.75) is 84.1 Å². The number of fused-ring (bicyclic) bond motifs is 1. The number of rotatable bonds is 17. The van der Waals surface area contributed by atoms with Gasteiger partial charge in [0.15, 0.2) is 11.5 Å². The summed E-state index contributed by atoms with van der Waals surface area (Å²) >= 11 is 0. The average molecular weight is 535 g/mol. The van der Waals surface area contributed by atoms with Gasteiger partial charge < -0.3 is 35.1 Å². The fourth-order valence-electron chi connectivity index (χ4n) is 5.58. The smallest absolute Gasteiger partial charge is 0.223 e. The second kappa shape index (κ2) is 14.5. The van der Waals surface area contributed by atoms with Gasteiger partial charge in [0.05, 0.1) is 32.0 Å². The molecule has 4 N–H and O–H groups in total. The first-order valence-corrected chi connectivity index (χ1v) is 14.3. The molecule has 0 unspecified atom stereocenters. The minimum atomic E-state index is -0.750. The predicted octanol–water partition coefficient (Wildman–Crippen LogP) is 3.57. The van der Waals surface area contributed by atoms with E-state index in [9.17, 15) is 9.90 Å². The zero-order valence-electron chi connectivity index (χ0n) is 24.2. The van der Waals surface area contributed by atoms with Crippen molar-refractivity contribution in [3.63, 3.8) is 0 Å². The molecular formula is C30H50N2O6. The Morgan fingerprint density at radius 2 is 1.89 bits per heavy atom. The molecule has 38 heavy (non-hydrogen) atoms. The van der Waals surface area contributed by atoms with Crippen LogP contribution >= 0.6 is 0 Å². The topological polar surface area (TPSA) is 112 Å². The van der Waals surface area contributed by atoms with E-state index in [0.29, 0.717) is 43.6 Å². The molecule has 1 aliphatic carbocycles. The molecule has 1 aliphatic heterocycles. The van der Waals surface area contributed by atoms with E-state index in [4.69, 9.17) is 24.7 Å².